The summed E-state index contributed by atoms with van der Waals surface area (Å²) in [5.74, 6) is 1.31. The minimum atomic E-state index is -0.882. The van der Waals surface area contributed by atoms with E-state index in [1.165, 1.54) is 0 Å². The van der Waals surface area contributed by atoms with Crippen molar-refractivity contribution in [1.29, 1.82) is 0 Å². The number of aromatic nitrogens is 4. The molecule has 3 heterocycles. The van der Waals surface area contributed by atoms with Crippen LogP contribution in [0.15, 0.2) is 0 Å². The second kappa shape index (κ2) is 4.98. The van der Waals surface area contributed by atoms with Gasteiger partial charge in [-0.1, -0.05) is 6.92 Å². The molecular weight excluding hydrogens is 284 g/mol. The molecule has 22 heavy (non-hydrogen) atoms. The van der Waals surface area contributed by atoms with Crippen molar-refractivity contribution in [1.82, 2.24) is 20.2 Å². The summed E-state index contributed by atoms with van der Waals surface area (Å²) < 4.78 is 5.97. The number of nitrogens with zero attached hydrogens (tertiary/aromatic N) is 4. The molecule has 0 aliphatic carbocycles. The van der Waals surface area contributed by atoms with Crippen LogP contribution in [0.4, 0.5) is 11.8 Å². The predicted molar refractivity (Wildman–Crippen MR) is 83.9 cm³/mol. The van der Waals surface area contributed by atoms with E-state index in [0.717, 1.165) is 6.42 Å². The molecule has 0 bridgehead atoms. The summed E-state index contributed by atoms with van der Waals surface area (Å²) in [6, 6.07) is 0.0538. The predicted octanol–water partition coefficient (Wildman–Crippen LogP) is 1.07. The molecule has 1 aliphatic rings. The maximum atomic E-state index is 10.3. The number of nitrogens with one attached hydrogen (secondary N) is 1. The Morgan fingerprint density at radius 1 is 1.41 bits per heavy atom. The van der Waals surface area contributed by atoms with E-state index in [1.54, 1.807) is 13.8 Å². The summed E-state index contributed by atoms with van der Waals surface area (Å²) in [4.78, 5) is 10.6. The molecule has 2 aromatic heterocycles. The van der Waals surface area contributed by atoms with Crippen molar-refractivity contribution in [3.63, 3.8) is 0 Å². The highest BCUT2D eigenvalue weighted by atomic mass is 16.5. The summed E-state index contributed by atoms with van der Waals surface area (Å²) in [6.45, 7) is 8.03. The van der Waals surface area contributed by atoms with Gasteiger partial charge in [0.05, 0.1) is 11.6 Å². The molecule has 0 fully saturated rings. The van der Waals surface area contributed by atoms with Gasteiger partial charge in [0, 0.05) is 6.54 Å². The summed E-state index contributed by atoms with van der Waals surface area (Å²) in [5, 5.41) is 18.0. The topological polar surface area (TPSA) is 113 Å². The van der Waals surface area contributed by atoms with Crippen molar-refractivity contribution in [2.75, 3.05) is 17.2 Å². The molecule has 1 aliphatic heterocycles. The first kappa shape index (κ1) is 14.8. The van der Waals surface area contributed by atoms with Crippen LogP contribution in [0.2, 0.25) is 0 Å². The van der Waals surface area contributed by atoms with Crippen molar-refractivity contribution in [2.45, 2.75) is 51.9 Å². The van der Waals surface area contributed by atoms with Crippen molar-refractivity contribution in [3.8, 4) is 5.88 Å². The highest BCUT2D eigenvalue weighted by molar-refractivity contribution is 5.93. The number of β-amino-alcohol motifs (C(OH)–C–C–N with tert-alkyl or cyclic N) is 1. The Morgan fingerprint density at radius 2 is 2.14 bits per heavy atom. The zero-order chi connectivity index (χ0) is 16.1. The number of rotatable bonds is 3. The molecular formula is C14H22N6O2. The molecule has 8 heteroatoms. The molecule has 0 spiro atoms. The zero-order valence-corrected chi connectivity index (χ0v) is 13.3. The Balaban J connectivity index is 2.22. The van der Waals surface area contributed by atoms with Crippen molar-refractivity contribution < 1.29 is 9.84 Å². The quantitative estimate of drug-likeness (QED) is 0.777. The van der Waals surface area contributed by atoms with Crippen LogP contribution in [0.25, 0.3) is 11.0 Å². The van der Waals surface area contributed by atoms with Crippen LogP contribution in [0.1, 0.15) is 34.1 Å². The Labute approximate surface area is 128 Å². The lowest BCUT2D eigenvalue weighted by Crippen LogP contribution is -2.50. The Morgan fingerprint density at radius 3 is 2.77 bits per heavy atom. The molecule has 0 amide bonds. The molecule has 0 saturated heterocycles. The monoisotopic (exact) mass is 306 g/mol. The number of aliphatic hydroxyl groups is 1. The Hall–Kier alpha value is -2.09. The number of hydrogen-bond acceptors (Lipinski definition) is 7. The van der Waals surface area contributed by atoms with Gasteiger partial charge in [-0.05, 0) is 27.2 Å². The van der Waals surface area contributed by atoms with Gasteiger partial charge in [-0.15, -0.1) is 5.10 Å². The minimum Gasteiger partial charge on any atom is -0.471 e. The Kier molecular flexibility index (Phi) is 3.36. The summed E-state index contributed by atoms with van der Waals surface area (Å²) in [7, 11) is 0. The fraction of sp³-hybridized carbons (Fsp3) is 0.643. The molecule has 3 rings (SSSR count). The molecule has 8 nitrogen and oxygen atoms in total. The third-order valence-electron chi connectivity index (χ3n) is 3.87. The van der Waals surface area contributed by atoms with Crippen molar-refractivity contribution in [3.05, 3.63) is 0 Å². The van der Waals surface area contributed by atoms with E-state index in [0.29, 0.717) is 29.3 Å². The van der Waals surface area contributed by atoms with Gasteiger partial charge in [0.1, 0.15) is 17.3 Å². The van der Waals surface area contributed by atoms with E-state index >= 15 is 0 Å². The average Bonchev–Trinajstić information content (AvgIpc) is 2.74. The number of nitrogens with two attached hydrogens (primary N) is 1. The SMILES string of the molecule is CCC1C(C)Oc2n[nH]c3nc(N)nc(c23)N1CC(C)(C)O. The highest BCUT2D eigenvalue weighted by Crippen LogP contribution is 2.37. The molecule has 2 unspecified atom stereocenters. The van der Waals surface area contributed by atoms with Gasteiger partial charge in [0.25, 0.3) is 0 Å². The lowest BCUT2D eigenvalue weighted by Gasteiger charge is -2.37. The number of nitrogen functional groups attached to an aromatic ring is 1. The molecule has 0 aromatic carbocycles. The van der Waals surface area contributed by atoms with Crippen LogP contribution in [-0.2, 0) is 0 Å². The lowest BCUT2D eigenvalue weighted by atomic mass is 10.0. The molecule has 2 atom stereocenters. The van der Waals surface area contributed by atoms with Crippen LogP contribution in [-0.4, -0.2) is 49.6 Å². The first-order chi connectivity index (χ1) is 10.3. The van der Waals surface area contributed by atoms with E-state index in [2.05, 4.69) is 32.0 Å². The standard InChI is InChI=1S/C14H22N6O2/c1-5-8-7(2)22-12-9-10(18-19-12)16-13(15)17-11(9)20(8)6-14(3,4)21/h7-8,21H,5-6H2,1-4H3,(H3,15,16,17,18,19). The summed E-state index contributed by atoms with van der Waals surface area (Å²) >= 11 is 0. The van der Waals surface area contributed by atoms with E-state index in [4.69, 9.17) is 10.5 Å². The normalized spacial score (nSPS) is 21.8. The fourth-order valence-corrected chi connectivity index (χ4v) is 3.02. The number of H-pyrrole nitrogens is 1. The van der Waals surface area contributed by atoms with Gasteiger partial charge in [-0.25, -0.2) is 0 Å². The third-order valence-corrected chi connectivity index (χ3v) is 3.87. The maximum Gasteiger partial charge on any atom is 0.246 e. The maximum absolute atomic E-state index is 10.3. The average molecular weight is 306 g/mol. The van der Waals surface area contributed by atoms with E-state index in [-0.39, 0.29) is 18.1 Å². The largest absolute Gasteiger partial charge is 0.471 e. The highest BCUT2D eigenvalue weighted by Gasteiger charge is 2.36. The van der Waals surface area contributed by atoms with Crippen molar-refractivity contribution >= 4 is 22.8 Å². The van der Waals surface area contributed by atoms with E-state index in [1.807, 2.05) is 6.92 Å². The van der Waals surface area contributed by atoms with Crippen LogP contribution >= 0.6 is 0 Å². The Bertz CT molecular complexity index is 692. The summed E-state index contributed by atoms with van der Waals surface area (Å²) in [6.07, 6.45) is 0.741. The molecule has 120 valence electrons. The van der Waals surface area contributed by atoms with Crippen LogP contribution in [0, 0.1) is 0 Å². The number of anilines is 2. The van der Waals surface area contributed by atoms with Crippen LogP contribution < -0.4 is 15.4 Å². The zero-order valence-electron chi connectivity index (χ0n) is 13.3. The second-order valence-corrected chi connectivity index (χ2v) is 6.40. The molecule has 0 radical (unpaired) electrons. The van der Waals surface area contributed by atoms with Crippen LogP contribution in [0.3, 0.4) is 0 Å². The minimum absolute atomic E-state index is 0.0538. The van der Waals surface area contributed by atoms with E-state index in [9.17, 15) is 5.11 Å². The van der Waals surface area contributed by atoms with E-state index < -0.39 is 5.60 Å². The van der Waals surface area contributed by atoms with Gasteiger partial charge >= 0.3 is 0 Å². The first-order valence-electron chi connectivity index (χ1n) is 7.47. The number of aromatic amines is 1. The van der Waals surface area contributed by atoms with Gasteiger partial charge in [0.2, 0.25) is 11.8 Å². The van der Waals surface area contributed by atoms with Crippen LogP contribution in [0.5, 0.6) is 5.88 Å². The van der Waals surface area contributed by atoms with Gasteiger partial charge in [-0.3, -0.25) is 5.10 Å². The molecule has 2 aromatic rings. The fourth-order valence-electron chi connectivity index (χ4n) is 3.02. The molecule has 0 saturated carbocycles. The number of ether oxygens (including phenoxy) is 1. The van der Waals surface area contributed by atoms with Crippen molar-refractivity contribution in [2.24, 2.45) is 0 Å². The van der Waals surface area contributed by atoms with Gasteiger partial charge in [0.15, 0.2) is 5.65 Å². The first-order valence-corrected chi connectivity index (χ1v) is 7.47. The lowest BCUT2D eigenvalue weighted by molar-refractivity contribution is 0.0795. The van der Waals surface area contributed by atoms with Gasteiger partial charge in [-0.2, -0.15) is 9.97 Å². The smallest absolute Gasteiger partial charge is 0.246 e. The molecule has 4 N–H and O–H groups in total. The third kappa shape index (κ3) is 2.43. The summed E-state index contributed by atoms with van der Waals surface area (Å²) in [5.41, 5.74) is 5.49. The van der Waals surface area contributed by atoms with Gasteiger partial charge < -0.3 is 20.5 Å². The second-order valence-electron chi connectivity index (χ2n) is 6.40. The number of hydrogen-bond donors (Lipinski definition) is 3.